The molecule has 0 aliphatic rings. The Labute approximate surface area is 168 Å². The van der Waals surface area contributed by atoms with Crippen LogP contribution in [0.3, 0.4) is 0 Å². The highest BCUT2D eigenvalue weighted by molar-refractivity contribution is 6.33. The van der Waals surface area contributed by atoms with Crippen molar-refractivity contribution in [1.82, 2.24) is 5.32 Å². The van der Waals surface area contributed by atoms with E-state index in [1.54, 1.807) is 12.1 Å². The molecule has 1 amide bonds. The van der Waals surface area contributed by atoms with E-state index in [1.165, 1.54) is 6.07 Å². The van der Waals surface area contributed by atoms with Crippen molar-refractivity contribution >= 4 is 35.1 Å². The predicted molar refractivity (Wildman–Crippen MR) is 110 cm³/mol. The molecule has 2 aromatic rings. The summed E-state index contributed by atoms with van der Waals surface area (Å²) >= 11 is 6.02. The maximum atomic E-state index is 12.4. The van der Waals surface area contributed by atoms with Crippen molar-refractivity contribution in [3.05, 3.63) is 64.2 Å². The molecular formula is C20H23ClN4O3. The normalized spacial score (nSPS) is 11.5. The molecule has 0 aliphatic carbocycles. The van der Waals surface area contributed by atoms with Crippen LogP contribution in [0.1, 0.15) is 47.2 Å². The number of nitrogens with two attached hydrogens (primary N) is 2. The zero-order valence-corrected chi connectivity index (χ0v) is 16.2. The fourth-order valence-electron chi connectivity index (χ4n) is 2.83. The van der Waals surface area contributed by atoms with Crippen LogP contribution < -0.4 is 16.8 Å². The minimum Gasteiger partial charge on any atom is -0.481 e. The van der Waals surface area contributed by atoms with Crippen LogP contribution in [0.25, 0.3) is 0 Å². The third-order valence-electron chi connectivity index (χ3n) is 4.25. The Hall–Kier alpha value is -3.06. The average molecular weight is 403 g/mol. The zero-order chi connectivity index (χ0) is 20.7. The molecule has 2 aromatic carbocycles. The van der Waals surface area contributed by atoms with Gasteiger partial charge in [0.1, 0.15) is 0 Å². The smallest absolute Gasteiger partial charge is 0.303 e. The lowest BCUT2D eigenvalue weighted by Gasteiger charge is -2.14. The first kappa shape index (κ1) is 21.2. The minimum absolute atomic E-state index is 0.0634. The average Bonchev–Trinajstić information content (AvgIpc) is 2.65. The Morgan fingerprint density at radius 1 is 1.21 bits per heavy atom. The molecule has 1 atom stereocenters. The van der Waals surface area contributed by atoms with Crippen molar-refractivity contribution in [2.24, 2.45) is 16.5 Å². The van der Waals surface area contributed by atoms with Gasteiger partial charge in [0.25, 0.3) is 5.91 Å². The molecular weight excluding hydrogens is 380 g/mol. The zero-order valence-electron chi connectivity index (χ0n) is 15.5. The largest absolute Gasteiger partial charge is 0.481 e. The van der Waals surface area contributed by atoms with Crippen LogP contribution in [0, 0.1) is 0 Å². The van der Waals surface area contributed by atoms with E-state index in [9.17, 15) is 9.59 Å². The maximum Gasteiger partial charge on any atom is 0.303 e. The van der Waals surface area contributed by atoms with E-state index in [2.05, 4.69) is 10.3 Å². The van der Waals surface area contributed by atoms with E-state index in [4.69, 9.17) is 28.2 Å². The summed E-state index contributed by atoms with van der Waals surface area (Å²) in [6.45, 7) is 2.26. The summed E-state index contributed by atoms with van der Waals surface area (Å²) in [6, 6.07) is 12.2. The number of carbonyl (C=O) groups is 2. The quantitative estimate of drug-likeness (QED) is 0.398. The van der Waals surface area contributed by atoms with Gasteiger partial charge in [0.15, 0.2) is 5.96 Å². The third-order valence-corrected chi connectivity index (χ3v) is 4.57. The van der Waals surface area contributed by atoms with E-state index in [1.807, 2.05) is 31.2 Å². The number of nitrogens with zero attached hydrogens (tertiary/aromatic N) is 1. The van der Waals surface area contributed by atoms with E-state index in [-0.39, 0.29) is 24.2 Å². The van der Waals surface area contributed by atoms with Gasteiger partial charge in [-0.05, 0) is 41.7 Å². The summed E-state index contributed by atoms with van der Waals surface area (Å²) in [7, 11) is 0. The van der Waals surface area contributed by atoms with E-state index in [0.29, 0.717) is 22.8 Å². The minimum atomic E-state index is -0.829. The van der Waals surface area contributed by atoms with Crippen LogP contribution in [0.2, 0.25) is 5.02 Å². The first-order chi connectivity index (χ1) is 13.3. The van der Waals surface area contributed by atoms with Crippen LogP contribution in [0.5, 0.6) is 0 Å². The van der Waals surface area contributed by atoms with E-state index < -0.39 is 5.97 Å². The Bertz CT molecular complexity index is 895. The van der Waals surface area contributed by atoms with Gasteiger partial charge in [-0.15, -0.1) is 0 Å². The molecule has 0 saturated heterocycles. The van der Waals surface area contributed by atoms with Crippen molar-refractivity contribution in [1.29, 1.82) is 0 Å². The fraction of sp³-hybridized carbons (Fsp3) is 0.250. The second-order valence-electron chi connectivity index (χ2n) is 6.33. The number of hydrogen-bond acceptors (Lipinski definition) is 3. The molecule has 8 heteroatoms. The maximum absolute atomic E-state index is 12.4. The molecule has 0 fully saturated rings. The molecule has 2 rings (SSSR count). The highest BCUT2D eigenvalue weighted by Crippen LogP contribution is 2.26. The van der Waals surface area contributed by atoms with E-state index in [0.717, 1.165) is 17.5 Å². The van der Waals surface area contributed by atoms with Gasteiger partial charge in [0.2, 0.25) is 0 Å². The van der Waals surface area contributed by atoms with Crippen molar-refractivity contribution in [3.63, 3.8) is 0 Å². The summed E-state index contributed by atoms with van der Waals surface area (Å²) in [5, 5.41) is 12.2. The molecule has 7 nitrogen and oxygen atoms in total. The van der Waals surface area contributed by atoms with Crippen LogP contribution in [0.15, 0.2) is 47.5 Å². The number of aliphatic carboxylic acids is 1. The van der Waals surface area contributed by atoms with Crippen molar-refractivity contribution < 1.29 is 14.7 Å². The highest BCUT2D eigenvalue weighted by Gasteiger charge is 2.14. The number of carboxylic acids is 1. The molecule has 0 spiro atoms. The monoisotopic (exact) mass is 402 g/mol. The number of hydrogen-bond donors (Lipinski definition) is 4. The highest BCUT2D eigenvalue weighted by atomic mass is 35.5. The van der Waals surface area contributed by atoms with Gasteiger partial charge in [-0.1, -0.05) is 42.8 Å². The number of carbonyl (C=O) groups excluding carboxylic acids is 1. The lowest BCUT2D eigenvalue weighted by atomic mass is 9.92. The summed E-state index contributed by atoms with van der Waals surface area (Å²) in [4.78, 5) is 27.4. The number of aliphatic imine (C=N–C) groups is 1. The molecule has 1 unspecified atom stereocenters. The number of benzene rings is 2. The number of nitrogens with one attached hydrogen (secondary N) is 1. The lowest BCUT2D eigenvalue weighted by Crippen LogP contribution is -2.23. The second kappa shape index (κ2) is 9.75. The molecule has 0 radical (unpaired) electrons. The van der Waals surface area contributed by atoms with Crippen molar-refractivity contribution in [2.45, 2.75) is 32.2 Å². The molecule has 0 saturated carbocycles. The number of halogens is 1. The number of amides is 1. The Balaban J connectivity index is 2.10. The molecule has 148 valence electrons. The Kier molecular flexibility index (Phi) is 7.40. The fourth-order valence-corrected chi connectivity index (χ4v) is 2.99. The lowest BCUT2D eigenvalue weighted by molar-refractivity contribution is -0.137. The van der Waals surface area contributed by atoms with Gasteiger partial charge in [0.05, 0.1) is 17.1 Å². The summed E-state index contributed by atoms with van der Waals surface area (Å²) in [5.74, 6) is -1.34. The van der Waals surface area contributed by atoms with Gasteiger partial charge in [-0.2, -0.15) is 0 Å². The summed E-state index contributed by atoms with van der Waals surface area (Å²) < 4.78 is 0. The number of carboxylic acid groups (broad SMARTS) is 1. The predicted octanol–water partition coefficient (Wildman–Crippen LogP) is 3.14. The molecule has 0 bridgehead atoms. The van der Waals surface area contributed by atoms with Crippen molar-refractivity contribution in [2.75, 3.05) is 0 Å². The van der Waals surface area contributed by atoms with Crippen LogP contribution in [-0.4, -0.2) is 22.9 Å². The third kappa shape index (κ3) is 5.99. The molecule has 6 N–H and O–H groups in total. The van der Waals surface area contributed by atoms with Crippen LogP contribution in [-0.2, 0) is 11.3 Å². The van der Waals surface area contributed by atoms with Gasteiger partial charge in [-0.25, -0.2) is 4.99 Å². The SMILES string of the molecule is CCC(CC(=O)O)c1cccc(CNC(=O)c2ccc(Cl)c(N=C(N)N)c2)c1. The van der Waals surface area contributed by atoms with Gasteiger partial charge < -0.3 is 21.9 Å². The Morgan fingerprint density at radius 3 is 2.61 bits per heavy atom. The second-order valence-corrected chi connectivity index (χ2v) is 6.74. The molecule has 0 aliphatic heterocycles. The summed E-state index contributed by atoms with van der Waals surface area (Å²) in [6.07, 6.45) is 0.797. The molecule has 0 aromatic heterocycles. The van der Waals surface area contributed by atoms with Crippen LogP contribution >= 0.6 is 11.6 Å². The molecule has 0 heterocycles. The summed E-state index contributed by atoms with van der Waals surface area (Å²) in [5.41, 5.74) is 13.2. The van der Waals surface area contributed by atoms with Crippen LogP contribution in [0.4, 0.5) is 5.69 Å². The number of guanidine groups is 1. The van der Waals surface area contributed by atoms with E-state index >= 15 is 0 Å². The molecule has 28 heavy (non-hydrogen) atoms. The Morgan fingerprint density at radius 2 is 1.96 bits per heavy atom. The van der Waals surface area contributed by atoms with Gasteiger partial charge in [-0.3, -0.25) is 9.59 Å². The first-order valence-corrected chi connectivity index (χ1v) is 9.16. The topological polar surface area (TPSA) is 131 Å². The first-order valence-electron chi connectivity index (χ1n) is 8.78. The standard InChI is InChI=1S/C20H23ClN4O3/c1-2-13(10-18(26)27)14-5-3-4-12(8-14)11-24-19(28)15-6-7-16(21)17(9-15)25-20(22)23/h3-9,13H,2,10-11H2,1H3,(H,24,28)(H,26,27)(H4,22,23,25). The van der Waals surface area contributed by atoms with Gasteiger partial charge >= 0.3 is 5.97 Å². The van der Waals surface area contributed by atoms with Gasteiger partial charge in [0, 0.05) is 12.1 Å². The van der Waals surface area contributed by atoms with Crippen molar-refractivity contribution in [3.8, 4) is 0 Å². The number of rotatable bonds is 8.